The van der Waals surface area contributed by atoms with Gasteiger partial charge in [-0.2, -0.15) is 0 Å². The lowest BCUT2D eigenvalue weighted by Crippen LogP contribution is -2.30. The molecule has 0 aromatic rings. The molecule has 0 bridgehead atoms. The van der Waals surface area contributed by atoms with Crippen LogP contribution in [0, 0.1) is 5.92 Å². The normalized spacial score (nSPS) is 22.5. The first-order valence-electron chi connectivity index (χ1n) is 4.04. The lowest BCUT2D eigenvalue weighted by atomic mass is 10.0. The first-order chi connectivity index (χ1) is 4.84. The zero-order valence-corrected chi connectivity index (χ0v) is 6.47. The molecule has 0 aromatic heterocycles. The highest BCUT2D eigenvalue weighted by Crippen LogP contribution is 2.27. The maximum absolute atomic E-state index is 10.1. The molecule has 1 unspecified atom stereocenters. The van der Waals surface area contributed by atoms with E-state index in [2.05, 4.69) is 12.2 Å². The molecule has 1 rings (SSSR count). The van der Waals surface area contributed by atoms with Gasteiger partial charge in [0.1, 0.15) is 0 Å². The van der Waals surface area contributed by atoms with Crippen molar-refractivity contribution in [2.75, 3.05) is 0 Å². The first-order valence-corrected chi connectivity index (χ1v) is 4.04. The van der Waals surface area contributed by atoms with Crippen molar-refractivity contribution in [3.05, 3.63) is 0 Å². The van der Waals surface area contributed by atoms with Gasteiger partial charge in [-0.15, -0.1) is 0 Å². The molecule has 0 saturated heterocycles. The second-order valence-corrected chi connectivity index (χ2v) is 3.12. The summed E-state index contributed by atoms with van der Waals surface area (Å²) in [5.41, 5.74) is 0. The molecule has 58 valence electrons. The van der Waals surface area contributed by atoms with E-state index in [-0.39, 0.29) is 0 Å². The van der Waals surface area contributed by atoms with Gasteiger partial charge in [-0.3, -0.25) is 4.79 Å². The molecule has 0 spiro atoms. The molecule has 0 aromatic carbocycles. The number of hydrogen-bond donors (Lipinski definition) is 1. The van der Waals surface area contributed by atoms with Crippen molar-refractivity contribution in [1.29, 1.82) is 0 Å². The van der Waals surface area contributed by atoms with Crippen LogP contribution >= 0.6 is 0 Å². The fraction of sp³-hybridized carbons (Fsp3) is 0.875. The number of amides is 1. The Balaban J connectivity index is 2.24. The van der Waals surface area contributed by atoms with Crippen molar-refractivity contribution >= 4 is 6.41 Å². The summed E-state index contributed by atoms with van der Waals surface area (Å²) in [7, 11) is 0. The second kappa shape index (κ2) is 3.59. The molecule has 1 atom stereocenters. The van der Waals surface area contributed by atoms with Crippen molar-refractivity contribution in [1.82, 2.24) is 5.32 Å². The fourth-order valence-corrected chi connectivity index (χ4v) is 1.70. The second-order valence-electron chi connectivity index (χ2n) is 3.12. The Bertz CT molecular complexity index is 108. The van der Waals surface area contributed by atoms with Gasteiger partial charge in [0.05, 0.1) is 0 Å². The number of carbonyl (C=O) groups excluding carboxylic acids is 1. The summed E-state index contributed by atoms with van der Waals surface area (Å²) in [5.74, 6) is 0.741. The average Bonchev–Trinajstić information content (AvgIpc) is 2.38. The molecule has 0 heterocycles. The molecule has 1 amide bonds. The zero-order valence-electron chi connectivity index (χ0n) is 6.47. The Kier molecular flexibility index (Phi) is 2.72. The predicted octanol–water partition coefficient (Wildman–Crippen LogP) is 1.31. The quantitative estimate of drug-likeness (QED) is 0.590. The molecule has 2 nitrogen and oxygen atoms in total. The van der Waals surface area contributed by atoms with Crippen LogP contribution in [-0.4, -0.2) is 12.5 Å². The van der Waals surface area contributed by atoms with Crippen LogP contribution in [-0.2, 0) is 4.79 Å². The third-order valence-corrected chi connectivity index (χ3v) is 2.44. The Labute approximate surface area is 62.0 Å². The van der Waals surface area contributed by atoms with Crippen molar-refractivity contribution in [2.45, 2.75) is 38.6 Å². The Hall–Kier alpha value is -0.530. The maximum Gasteiger partial charge on any atom is 0.207 e. The van der Waals surface area contributed by atoms with Gasteiger partial charge in [-0.1, -0.05) is 12.8 Å². The van der Waals surface area contributed by atoms with E-state index in [1.54, 1.807) is 0 Å². The largest absolute Gasteiger partial charge is 0.356 e. The van der Waals surface area contributed by atoms with Gasteiger partial charge in [0.2, 0.25) is 6.41 Å². The standard InChI is InChI=1S/C8H15NO/c1-7(9-6-10)8-4-2-3-5-8/h6-8H,2-5H2,1H3,(H,9,10). The average molecular weight is 141 g/mol. The summed E-state index contributed by atoms with van der Waals surface area (Å²) in [6, 6.07) is 0.389. The molecule has 1 N–H and O–H groups in total. The van der Waals surface area contributed by atoms with E-state index < -0.39 is 0 Å². The summed E-state index contributed by atoms with van der Waals surface area (Å²) >= 11 is 0. The SMILES string of the molecule is CC(NC=O)C1CCCC1. The third-order valence-electron chi connectivity index (χ3n) is 2.44. The fourth-order valence-electron chi connectivity index (χ4n) is 1.70. The highest BCUT2D eigenvalue weighted by Gasteiger charge is 2.20. The summed E-state index contributed by atoms with van der Waals surface area (Å²) < 4.78 is 0. The maximum atomic E-state index is 10.1. The monoisotopic (exact) mass is 141 g/mol. The smallest absolute Gasteiger partial charge is 0.207 e. The van der Waals surface area contributed by atoms with Gasteiger partial charge in [-0.05, 0) is 25.7 Å². The Morgan fingerprint density at radius 2 is 2.10 bits per heavy atom. The molecule has 1 fully saturated rings. The van der Waals surface area contributed by atoms with Gasteiger partial charge in [0.15, 0.2) is 0 Å². The molecule has 10 heavy (non-hydrogen) atoms. The van der Waals surface area contributed by atoms with E-state index in [0.717, 1.165) is 12.3 Å². The predicted molar refractivity (Wildman–Crippen MR) is 40.6 cm³/mol. The number of nitrogens with one attached hydrogen (secondary N) is 1. The molecular weight excluding hydrogens is 126 g/mol. The lowest BCUT2D eigenvalue weighted by Gasteiger charge is -2.16. The van der Waals surface area contributed by atoms with E-state index in [0.29, 0.717) is 6.04 Å². The van der Waals surface area contributed by atoms with Crippen LogP contribution in [0.15, 0.2) is 0 Å². The van der Waals surface area contributed by atoms with Crippen molar-refractivity contribution in [3.63, 3.8) is 0 Å². The zero-order chi connectivity index (χ0) is 7.40. The third kappa shape index (κ3) is 1.72. The van der Waals surface area contributed by atoms with Crippen LogP contribution in [0.25, 0.3) is 0 Å². The summed E-state index contributed by atoms with van der Waals surface area (Å²) in [6.45, 7) is 2.09. The Morgan fingerprint density at radius 3 is 2.60 bits per heavy atom. The number of rotatable bonds is 3. The lowest BCUT2D eigenvalue weighted by molar-refractivity contribution is -0.110. The molecular formula is C8H15NO. The molecule has 1 aliphatic rings. The van der Waals surface area contributed by atoms with E-state index >= 15 is 0 Å². The summed E-state index contributed by atoms with van der Waals surface area (Å²) in [5, 5.41) is 2.81. The minimum absolute atomic E-state index is 0.389. The summed E-state index contributed by atoms with van der Waals surface area (Å²) in [4.78, 5) is 10.1. The Morgan fingerprint density at radius 1 is 1.50 bits per heavy atom. The molecule has 0 aliphatic heterocycles. The molecule has 0 radical (unpaired) electrons. The first kappa shape index (κ1) is 7.58. The summed E-state index contributed by atoms with van der Waals surface area (Å²) in [6.07, 6.45) is 6.08. The highest BCUT2D eigenvalue weighted by molar-refractivity contribution is 5.46. The van der Waals surface area contributed by atoms with E-state index in [9.17, 15) is 4.79 Å². The van der Waals surface area contributed by atoms with Crippen LogP contribution in [0.5, 0.6) is 0 Å². The molecule has 1 saturated carbocycles. The van der Waals surface area contributed by atoms with E-state index in [1.165, 1.54) is 25.7 Å². The van der Waals surface area contributed by atoms with E-state index in [1.807, 2.05) is 0 Å². The highest BCUT2D eigenvalue weighted by atomic mass is 16.1. The topological polar surface area (TPSA) is 29.1 Å². The number of hydrogen-bond acceptors (Lipinski definition) is 1. The molecule has 2 heteroatoms. The van der Waals surface area contributed by atoms with Crippen LogP contribution in [0.4, 0.5) is 0 Å². The van der Waals surface area contributed by atoms with Crippen molar-refractivity contribution < 1.29 is 4.79 Å². The minimum Gasteiger partial charge on any atom is -0.356 e. The van der Waals surface area contributed by atoms with Crippen molar-refractivity contribution in [3.8, 4) is 0 Å². The van der Waals surface area contributed by atoms with Gasteiger partial charge in [0, 0.05) is 6.04 Å². The van der Waals surface area contributed by atoms with Gasteiger partial charge in [0.25, 0.3) is 0 Å². The van der Waals surface area contributed by atoms with Crippen molar-refractivity contribution in [2.24, 2.45) is 5.92 Å². The van der Waals surface area contributed by atoms with Gasteiger partial charge in [-0.25, -0.2) is 0 Å². The van der Waals surface area contributed by atoms with Crippen LogP contribution in [0.2, 0.25) is 0 Å². The minimum atomic E-state index is 0.389. The van der Waals surface area contributed by atoms with Gasteiger partial charge >= 0.3 is 0 Å². The van der Waals surface area contributed by atoms with E-state index in [4.69, 9.17) is 0 Å². The van der Waals surface area contributed by atoms with Crippen LogP contribution in [0.1, 0.15) is 32.6 Å². The van der Waals surface area contributed by atoms with Crippen LogP contribution < -0.4 is 5.32 Å². The van der Waals surface area contributed by atoms with Gasteiger partial charge < -0.3 is 5.32 Å². The van der Waals surface area contributed by atoms with Crippen LogP contribution in [0.3, 0.4) is 0 Å². The molecule has 1 aliphatic carbocycles. The number of carbonyl (C=O) groups is 1.